The molecule has 4 heteroatoms. The minimum absolute atomic E-state index is 0.122. The molecule has 0 spiro atoms. The summed E-state index contributed by atoms with van der Waals surface area (Å²) in [5.41, 5.74) is 3.83. The summed E-state index contributed by atoms with van der Waals surface area (Å²) < 4.78 is 18.7. The summed E-state index contributed by atoms with van der Waals surface area (Å²) in [4.78, 5) is 12.3. The maximum Gasteiger partial charge on any atom is 0.338 e. The number of hydrogen-bond donors (Lipinski definition) is 1. The molecule has 0 saturated heterocycles. The zero-order valence-corrected chi connectivity index (χ0v) is 15.6. The minimum atomic E-state index is -0.273. The second kappa shape index (κ2) is 7.18. The van der Waals surface area contributed by atoms with Crippen LogP contribution < -0.4 is 5.32 Å². The molecule has 0 fully saturated rings. The van der Waals surface area contributed by atoms with Crippen molar-refractivity contribution in [2.45, 2.75) is 32.2 Å². The van der Waals surface area contributed by atoms with Gasteiger partial charge in [0.2, 0.25) is 0 Å². The van der Waals surface area contributed by atoms with Gasteiger partial charge in [0.25, 0.3) is 0 Å². The summed E-state index contributed by atoms with van der Waals surface area (Å²) in [6.45, 7) is 4.47. The summed E-state index contributed by atoms with van der Waals surface area (Å²) in [5.74, 6) is 0.414. The summed E-state index contributed by atoms with van der Waals surface area (Å²) in [6.07, 6.45) is 5.39. The van der Waals surface area contributed by atoms with E-state index in [9.17, 15) is 9.18 Å². The third kappa shape index (κ3) is 3.48. The molecule has 2 aromatic carbocycles. The molecule has 1 N–H and O–H groups in total. The highest BCUT2D eigenvalue weighted by atomic mass is 19.1. The van der Waals surface area contributed by atoms with E-state index in [-0.39, 0.29) is 23.7 Å². The van der Waals surface area contributed by atoms with Crippen LogP contribution in [0.1, 0.15) is 53.7 Å². The second-order valence-corrected chi connectivity index (χ2v) is 7.82. The van der Waals surface area contributed by atoms with Crippen LogP contribution in [0.2, 0.25) is 0 Å². The predicted molar refractivity (Wildman–Crippen MR) is 104 cm³/mol. The number of ether oxygens (including phenoxy) is 1. The van der Waals surface area contributed by atoms with Gasteiger partial charge in [0.15, 0.2) is 0 Å². The predicted octanol–water partition coefficient (Wildman–Crippen LogP) is 5.47. The topological polar surface area (TPSA) is 38.3 Å². The molecule has 1 aliphatic carbocycles. The lowest BCUT2D eigenvalue weighted by Crippen LogP contribution is -2.29. The van der Waals surface area contributed by atoms with E-state index < -0.39 is 0 Å². The monoisotopic (exact) mass is 365 g/mol. The van der Waals surface area contributed by atoms with Crippen molar-refractivity contribution in [3.8, 4) is 0 Å². The van der Waals surface area contributed by atoms with Crippen molar-refractivity contribution >= 4 is 11.7 Å². The van der Waals surface area contributed by atoms with Crippen molar-refractivity contribution < 1.29 is 13.9 Å². The van der Waals surface area contributed by atoms with Crippen molar-refractivity contribution in [2.24, 2.45) is 11.8 Å². The van der Waals surface area contributed by atoms with Crippen molar-refractivity contribution in [1.29, 1.82) is 0 Å². The zero-order valence-electron chi connectivity index (χ0n) is 15.6. The number of nitrogens with one attached hydrogen (secondary N) is 1. The van der Waals surface area contributed by atoms with E-state index in [1.54, 1.807) is 0 Å². The fourth-order valence-corrected chi connectivity index (χ4v) is 4.05. The lowest BCUT2D eigenvalue weighted by molar-refractivity contribution is 0.0459. The lowest BCUT2D eigenvalue weighted by Gasteiger charge is -2.37. The lowest BCUT2D eigenvalue weighted by atomic mass is 9.76. The van der Waals surface area contributed by atoms with Gasteiger partial charge in [-0.3, -0.25) is 0 Å². The molecule has 3 nitrogen and oxygen atoms in total. The zero-order chi connectivity index (χ0) is 19.0. The summed E-state index contributed by atoms with van der Waals surface area (Å²) >= 11 is 0. The van der Waals surface area contributed by atoms with Gasteiger partial charge in [0.1, 0.15) is 5.82 Å². The Bertz CT molecular complexity index is 872. The molecule has 0 unspecified atom stereocenters. The van der Waals surface area contributed by atoms with E-state index in [0.29, 0.717) is 24.0 Å². The van der Waals surface area contributed by atoms with Gasteiger partial charge in [0, 0.05) is 11.6 Å². The molecule has 4 rings (SSSR count). The summed E-state index contributed by atoms with van der Waals surface area (Å²) in [6, 6.07) is 12.6. The third-order valence-corrected chi connectivity index (χ3v) is 5.38. The van der Waals surface area contributed by atoms with E-state index in [0.717, 1.165) is 23.2 Å². The van der Waals surface area contributed by atoms with Crippen LogP contribution in [0.5, 0.6) is 0 Å². The smallest absolute Gasteiger partial charge is 0.338 e. The van der Waals surface area contributed by atoms with Crippen molar-refractivity contribution in [2.75, 3.05) is 11.9 Å². The molecule has 0 saturated carbocycles. The van der Waals surface area contributed by atoms with E-state index >= 15 is 0 Å². The average Bonchev–Trinajstić information content (AvgIpc) is 3.16. The largest absolute Gasteiger partial charge is 0.462 e. The van der Waals surface area contributed by atoms with Crippen LogP contribution in [0.3, 0.4) is 0 Å². The number of halogens is 1. The van der Waals surface area contributed by atoms with Crippen LogP contribution in [0.15, 0.2) is 54.6 Å². The van der Waals surface area contributed by atoms with Crippen molar-refractivity contribution in [3.05, 3.63) is 77.1 Å². The highest BCUT2D eigenvalue weighted by Crippen LogP contribution is 2.49. The fourth-order valence-electron chi connectivity index (χ4n) is 4.05. The number of carbonyl (C=O) groups excluding carboxylic acids is 1. The number of carbonyl (C=O) groups is 1. The van der Waals surface area contributed by atoms with Crippen molar-refractivity contribution in [3.63, 3.8) is 0 Å². The molecule has 1 aliphatic heterocycles. The van der Waals surface area contributed by atoms with E-state index in [4.69, 9.17) is 4.74 Å². The Morgan fingerprint density at radius 1 is 1.22 bits per heavy atom. The number of fused-ring (bicyclic) bond motifs is 3. The number of esters is 1. The summed E-state index contributed by atoms with van der Waals surface area (Å²) in [7, 11) is 0. The quantitative estimate of drug-likeness (QED) is 0.577. The number of rotatable bonds is 4. The van der Waals surface area contributed by atoms with Crippen molar-refractivity contribution in [1.82, 2.24) is 0 Å². The normalized spacial score (nSPS) is 22.9. The van der Waals surface area contributed by atoms with Crippen LogP contribution in [0.4, 0.5) is 10.1 Å². The molecular formula is C23H24FNO2. The number of hydrogen-bond acceptors (Lipinski definition) is 3. The van der Waals surface area contributed by atoms with Gasteiger partial charge in [-0.05, 0) is 59.7 Å². The van der Waals surface area contributed by atoms with Crippen LogP contribution in [0.25, 0.3) is 0 Å². The molecule has 0 bridgehead atoms. The first-order valence-corrected chi connectivity index (χ1v) is 9.52. The van der Waals surface area contributed by atoms with Crippen LogP contribution in [-0.4, -0.2) is 12.6 Å². The Morgan fingerprint density at radius 3 is 2.74 bits per heavy atom. The first kappa shape index (κ1) is 17.8. The molecule has 0 amide bonds. The summed E-state index contributed by atoms with van der Waals surface area (Å²) in [5, 5.41) is 3.61. The first-order chi connectivity index (χ1) is 13.0. The van der Waals surface area contributed by atoms with E-state index in [2.05, 4.69) is 17.5 Å². The number of allylic oxidation sites excluding steroid dienone is 2. The third-order valence-electron chi connectivity index (χ3n) is 5.38. The van der Waals surface area contributed by atoms with Crippen LogP contribution in [0, 0.1) is 17.7 Å². The molecule has 0 radical (unpaired) electrons. The highest BCUT2D eigenvalue weighted by Gasteiger charge is 2.38. The Kier molecular flexibility index (Phi) is 4.73. The standard InChI is InChI=1S/C23H24FNO2/c1-14(2)13-27-23(26)16-8-11-21-20(12-16)18-4-3-5-19(18)22(25-21)15-6-9-17(24)10-7-15/h3-4,6-12,14,18-19,22,25H,5,13H2,1-2H3/t18-,19-,22+/m0/s1. The molecular weight excluding hydrogens is 341 g/mol. The Morgan fingerprint density at radius 2 is 2.00 bits per heavy atom. The molecule has 27 heavy (non-hydrogen) atoms. The van der Waals surface area contributed by atoms with Gasteiger partial charge >= 0.3 is 5.97 Å². The maximum atomic E-state index is 13.3. The number of benzene rings is 2. The van der Waals surface area contributed by atoms with Gasteiger partial charge in [-0.2, -0.15) is 0 Å². The van der Waals surface area contributed by atoms with E-state index in [1.807, 2.05) is 44.2 Å². The van der Waals surface area contributed by atoms with Gasteiger partial charge in [-0.15, -0.1) is 0 Å². The van der Waals surface area contributed by atoms with Gasteiger partial charge in [-0.1, -0.05) is 38.1 Å². The second-order valence-electron chi connectivity index (χ2n) is 7.82. The van der Waals surface area contributed by atoms with E-state index in [1.165, 1.54) is 12.1 Å². The molecule has 2 aromatic rings. The Balaban J connectivity index is 1.63. The van der Waals surface area contributed by atoms with Gasteiger partial charge in [-0.25, -0.2) is 9.18 Å². The Hall–Kier alpha value is -2.62. The van der Waals surface area contributed by atoms with Crippen LogP contribution in [-0.2, 0) is 4.74 Å². The molecule has 0 aromatic heterocycles. The molecule has 140 valence electrons. The van der Waals surface area contributed by atoms with Crippen LogP contribution >= 0.6 is 0 Å². The van der Waals surface area contributed by atoms with Gasteiger partial charge in [0.05, 0.1) is 18.2 Å². The number of anilines is 1. The molecule has 2 aliphatic rings. The fraction of sp³-hybridized carbons (Fsp3) is 0.348. The average molecular weight is 365 g/mol. The molecule has 1 heterocycles. The highest BCUT2D eigenvalue weighted by molar-refractivity contribution is 5.90. The first-order valence-electron chi connectivity index (χ1n) is 9.52. The molecule has 3 atom stereocenters. The SMILES string of the molecule is CC(C)COC(=O)c1ccc2c(c1)[C@H]1C=CC[C@@H]1[C@@H](c1ccc(F)cc1)N2. The Labute approximate surface area is 159 Å². The minimum Gasteiger partial charge on any atom is -0.462 e. The van der Waals surface area contributed by atoms with Gasteiger partial charge < -0.3 is 10.1 Å². The maximum absolute atomic E-state index is 13.3.